The first-order valence-corrected chi connectivity index (χ1v) is 18.0. The average molecular weight is 669 g/mol. The summed E-state index contributed by atoms with van der Waals surface area (Å²) in [5.74, 6) is 0.701. The summed E-state index contributed by atoms with van der Waals surface area (Å²) in [6, 6.07) is 54.0. The monoisotopic (exact) mass is 668 g/mol. The second kappa shape index (κ2) is 12.3. The van der Waals surface area contributed by atoms with Gasteiger partial charge < -0.3 is 15.2 Å². The first-order chi connectivity index (χ1) is 25.7. The Morgan fingerprint density at radius 3 is 2.21 bits per heavy atom. The zero-order valence-corrected chi connectivity index (χ0v) is 28.6. The highest BCUT2D eigenvalue weighted by molar-refractivity contribution is 6.08. The van der Waals surface area contributed by atoms with E-state index >= 15 is 0 Å². The van der Waals surface area contributed by atoms with Gasteiger partial charge in [0.05, 0.1) is 22.9 Å². The van der Waals surface area contributed by atoms with Crippen LogP contribution >= 0.6 is 0 Å². The molecule has 248 valence electrons. The fraction of sp³-hybridized carbons (Fsp3) is 0.0625. The van der Waals surface area contributed by atoms with Gasteiger partial charge >= 0.3 is 0 Å². The molecular formula is C48H36N4. The number of fused-ring (bicyclic) bond motifs is 8. The molecule has 4 heteroatoms. The second-order valence-electron chi connectivity index (χ2n) is 13.8. The van der Waals surface area contributed by atoms with Crippen LogP contribution in [0, 0.1) is 5.92 Å². The number of para-hydroxylation sites is 2. The van der Waals surface area contributed by atoms with Gasteiger partial charge in [-0.1, -0.05) is 121 Å². The molecule has 6 aromatic carbocycles. The fourth-order valence-electron chi connectivity index (χ4n) is 8.50. The minimum absolute atomic E-state index is 0.0912. The molecule has 0 bridgehead atoms. The van der Waals surface area contributed by atoms with Crippen molar-refractivity contribution in [2.75, 3.05) is 4.90 Å². The fourth-order valence-corrected chi connectivity index (χ4v) is 8.50. The second-order valence-corrected chi connectivity index (χ2v) is 13.8. The predicted octanol–water partition coefficient (Wildman–Crippen LogP) is 8.88. The van der Waals surface area contributed by atoms with E-state index in [9.17, 15) is 0 Å². The molecule has 0 saturated carbocycles. The lowest BCUT2D eigenvalue weighted by atomic mass is 9.77. The molecule has 2 N–H and O–H groups in total. The maximum Gasteiger partial charge on any atom is 0.131 e. The van der Waals surface area contributed by atoms with Crippen molar-refractivity contribution in [1.29, 1.82) is 0 Å². The quantitative estimate of drug-likeness (QED) is 0.142. The molecule has 0 fully saturated rings. The molecule has 7 aromatic rings. The number of aromatic nitrogens is 1. The maximum absolute atomic E-state index is 6.76. The number of nitrogens with zero attached hydrogens (tertiary/aromatic N) is 3. The Morgan fingerprint density at radius 1 is 0.654 bits per heavy atom. The summed E-state index contributed by atoms with van der Waals surface area (Å²) in [6.07, 6.45) is 12.1. The number of aliphatic imine (C=N–C) groups is 1. The van der Waals surface area contributed by atoms with Crippen LogP contribution in [0.3, 0.4) is 0 Å². The van der Waals surface area contributed by atoms with Crippen LogP contribution in [-0.2, 0) is 6.42 Å². The topological polar surface area (TPSA) is 46.5 Å². The Labute approximate surface area is 303 Å². The van der Waals surface area contributed by atoms with Crippen molar-refractivity contribution in [2.45, 2.75) is 12.5 Å². The smallest absolute Gasteiger partial charge is 0.131 e. The molecule has 52 heavy (non-hydrogen) atoms. The molecule has 0 amide bonds. The molecule has 0 spiro atoms. The number of amidine groups is 1. The van der Waals surface area contributed by atoms with Crippen LogP contribution < -0.4 is 21.1 Å². The summed E-state index contributed by atoms with van der Waals surface area (Å²) in [5, 5.41) is 3.87. The van der Waals surface area contributed by atoms with Gasteiger partial charge in [0.25, 0.3) is 0 Å². The van der Waals surface area contributed by atoms with E-state index in [-0.39, 0.29) is 12.0 Å². The summed E-state index contributed by atoms with van der Waals surface area (Å²) in [5.41, 5.74) is 19.7. The Hall–Kier alpha value is -6.65. The Balaban J connectivity index is 1.11. The molecule has 2 atom stereocenters. The lowest BCUT2D eigenvalue weighted by Gasteiger charge is -2.36. The van der Waals surface area contributed by atoms with Gasteiger partial charge in [0.1, 0.15) is 5.84 Å². The maximum atomic E-state index is 6.76. The zero-order valence-electron chi connectivity index (χ0n) is 28.6. The molecule has 2 unspecified atom stereocenters. The van der Waals surface area contributed by atoms with Crippen molar-refractivity contribution >= 4 is 44.9 Å². The van der Waals surface area contributed by atoms with Crippen molar-refractivity contribution in [2.24, 2.45) is 16.6 Å². The van der Waals surface area contributed by atoms with E-state index in [2.05, 4.69) is 173 Å². The molecule has 3 aliphatic rings. The van der Waals surface area contributed by atoms with Crippen molar-refractivity contribution in [3.05, 3.63) is 215 Å². The van der Waals surface area contributed by atoms with Crippen LogP contribution in [0.2, 0.25) is 0 Å². The molecule has 1 aliphatic heterocycles. The molecule has 4 nitrogen and oxygen atoms in total. The van der Waals surface area contributed by atoms with E-state index in [1.54, 1.807) is 0 Å². The molecule has 2 aliphatic carbocycles. The summed E-state index contributed by atoms with van der Waals surface area (Å²) in [7, 11) is 0. The molecule has 2 heterocycles. The van der Waals surface area contributed by atoms with E-state index in [0.29, 0.717) is 5.84 Å². The Bertz CT molecular complexity index is 2720. The van der Waals surface area contributed by atoms with Crippen LogP contribution in [0.15, 0.2) is 187 Å². The summed E-state index contributed by atoms with van der Waals surface area (Å²) in [6.45, 7) is 0. The van der Waals surface area contributed by atoms with Gasteiger partial charge in [0, 0.05) is 40.0 Å². The molecular weight excluding hydrogens is 633 g/mol. The Kier molecular flexibility index (Phi) is 7.14. The zero-order chi connectivity index (χ0) is 34.6. The molecule has 0 saturated heterocycles. The van der Waals surface area contributed by atoms with Crippen molar-refractivity contribution < 1.29 is 0 Å². The highest BCUT2D eigenvalue weighted by atomic mass is 15.2. The van der Waals surface area contributed by atoms with Gasteiger partial charge in [-0.15, -0.1) is 0 Å². The van der Waals surface area contributed by atoms with Crippen LogP contribution in [0.25, 0.3) is 27.7 Å². The van der Waals surface area contributed by atoms with Crippen LogP contribution in [0.1, 0.15) is 22.3 Å². The predicted molar refractivity (Wildman–Crippen MR) is 215 cm³/mol. The Morgan fingerprint density at radius 2 is 1.38 bits per heavy atom. The van der Waals surface area contributed by atoms with Gasteiger partial charge in [0.15, 0.2) is 0 Å². The average Bonchev–Trinajstić information content (AvgIpc) is 3.80. The van der Waals surface area contributed by atoms with Crippen LogP contribution in [0.4, 0.5) is 17.1 Å². The number of allylic oxidation sites excluding steroid dienone is 3. The highest BCUT2D eigenvalue weighted by Crippen LogP contribution is 2.52. The van der Waals surface area contributed by atoms with Crippen molar-refractivity contribution in [3.63, 3.8) is 0 Å². The van der Waals surface area contributed by atoms with Gasteiger partial charge in [-0.25, -0.2) is 4.99 Å². The van der Waals surface area contributed by atoms with Crippen molar-refractivity contribution in [1.82, 2.24) is 4.57 Å². The molecule has 0 radical (unpaired) electrons. The van der Waals surface area contributed by atoms with Crippen LogP contribution in [-0.4, -0.2) is 16.4 Å². The molecule has 10 rings (SSSR count). The third kappa shape index (κ3) is 4.87. The van der Waals surface area contributed by atoms with E-state index in [0.717, 1.165) is 34.6 Å². The van der Waals surface area contributed by atoms with E-state index in [4.69, 9.17) is 10.7 Å². The SMILES string of the molecule is NC(=Nc1ccccc1Cc1ccccc1)c1ccc(N2c3c(ccc4c3ccn4-c3ccccc3)C3=c4ccccc4=C4C=CC=CC4C32)cc1. The summed E-state index contributed by atoms with van der Waals surface area (Å²) < 4.78 is 2.30. The highest BCUT2D eigenvalue weighted by Gasteiger charge is 2.43. The van der Waals surface area contributed by atoms with Gasteiger partial charge in [-0.05, 0) is 93.7 Å². The normalized spacial score (nSPS) is 17.2. The minimum Gasteiger partial charge on any atom is -0.383 e. The third-order valence-electron chi connectivity index (χ3n) is 10.8. The first kappa shape index (κ1) is 30.2. The number of hydrogen-bond acceptors (Lipinski definition) is 2. The third-order valence-corrected chi connectivity index (χ3v) is 10.8. The minimum atomic E-state index is 0.0912. The van der Waals surface area contributed by atoms with Gasteiger partial charge in [-0.3, -0.25) is 0 Å². The van der Waals surface area contributed by atoms with E-state index < -0.39 is 0 Å². The number of rotatable bonds is 6. The lowest BCUT2D eigenvalue weighted by Crippen LogP contribution is -2.45. The number of anilines is 2. The van der Waals surface area contributed by atoms with Crippen molar-refractivity contribution in [3.8, 4) is 5.69 Å². The standard InChI is InChI=1S/C48H36N4/c49-48(50-43-22-12-7-15-34(43)31-32-13-3-1-4-14-32)33-23-25-36(26-24-33)52-46-41-29-30-51(35-16-5-2-6-17-35)44(41)28-27-42(46)45-39-20-10-8-18-37(39)38-19-9-11-21-40(38)47(45)52/h1-30,40,47H,31H2,(H2,49,50). The number of nitrogens with two attached hydrogens (primary N) is 1. The number of benzene rings is 6. The lowest BCUT2D eigenvalue weighted by molar-refractivity contribution is 0.705. The van der Waals surface area contributed by atoms with Gasteiger partial charge in [-0.2, -0.15) is 0 Å². The van der Waals surface area contributed by atoms with Gasteiger partial charge in [0.2, 0.25) is 0 Å². The molecule has 1 aromatic heterocycles. The largest absolute Gasteiger partial charge is 0.383 e. The van der Waals surface area contributed by atoms with E-state index in [1.807, 2.05) is 18.2 Å². The van der Waals surface area contributed by atoms with E-state index in [1.165, 1.54) is 49.3 Å². The van der Waals surface area contributed by atoms with Crippen LogP contribution in [0.5, 0.6) is 0 Å². The summed E-state index contributed by atoms with van der Waals surface area (Å²) >= 11 is 0. The summed E-state index contributed by atoms with van der Waals surface area (Å²) in [4.78, 5) is 7.54. The number of hydrogen-bond donors (Lipinski definition) is 1. The first-order valence-electron chi connectivity index (χ1n) is 18.0.